The van der Waals surface area contributed by atoms with Crippen molar-refractivity contribution in [3.05, 3.63) is 53.1 Å². The molecule has 0 spiro atoms. The fraction of sp³-hybridized carbons (Fsp3) is 0.333. The predicted molar refractivity (Wildman–Crippen MR) is 83.5 cm³/mol. The highest BCUT2D eigenvalue weighted by atomic mass is 16.6. The number of hydrogen-bond donors (Lipinski definition) is 1. The molecule has 0 bridgehead atoms. The van der Waals surface area contributed by atoms with E-state index in [-0.39, 0.29) is 0 Å². The maximum absolute atomic E-state index is 5.66. The molecule has 108 valence electrons. The van der Waals surface area contributed by atoms with E-state index in [1.807, 2.05) is 6.07 Å². The van der Waals surface area contributed by atoms with Crippen LogP contribution in [-0.2, 0) is 12.8 Å². The molecule has 2 aromatic rings. The molecule has 1 N–H and O–H groups in total. The number of hydrogen-bond acceptors (Lipinski definition) is 3. The highest BCUT2D eigenvalue weighted by molar-refractivity contribution is 5.55. The van der Waals surface area contributed by atoms with Crippen molar-refractivity contribution in [2.24, 2.45) is 0 Å². The quantitative estimate of drug-likeness (QED) is 0.915. The smallest absolute Gasteiger partial charge is 0.161 e. The van der Waals surface area contributed by atoms with Gasteiger partial charge < -0.3 is 14.8 Å². The molecule has 21 heavy (non-hydrogen) atoms. The predicted octanol–water partition coefficient (Wildman–Crippen LogP) is 3.41. The third kappa shape index (κ3) is 2.56. The Morgan fingerprint density at radius 3 is 2.67 bits per heavy atom. The van der Waals surface area contributed by atoms with E-state index in [2.05, 4.69) is 35.6 Å². The Balaban J connectivity index is 1.58. The lowest BCUT2D eigenvalue weighted by Crippen LogP contribution is -2.15. The van der Waals surface area contributed by atoms with Crippen LogP contribution in [0.5, 0.6) is 11.5 Å². The van der Waals surface area contributed by atoms with Crippen LogP contribution < -0.4 is 14.8 Å². The summed E-state index contributed by atoms with van der Waals surface area (Å²) >= 11 is 0. The van der Waals surface area contributed by atoms with Gasteiger partial charge in [0.2, 0.25) is 0 Å². The summed E-state index contributed by atoms with van der Waals surface area (Å²) in [6.07, 6.45) is 3.34. The molecule has 0 amide bonds. The molecule has 0 fully saturated rings. The van der Waals surface area contributed by atoms with Crippen molar-refractivity contribution >= 4 is 5.69 Å². The fourth-order valence-electron chi connectivity index (χ4n) is 3.07. The van der Waals surface area contributed by atoms with E-state index in [1.54, 1.807) is 0 Å². The summed E-state index contributed by atoms with van der Waals surface area (Å²) in [6, 6.07) is 13.0. The van der Waals surface area contributed by atoms with Crippen LogP contribution in [0.15, 0.2) is 36.4 Å². The highest BCUT2D eigenvalue weighted by Gasteiger charge is 2.13. The summed E-state index contributed by atoms with van der Waals surface area (Å²) in [5.74, 6) is 1.73. The second-order valence-electron chi connectivity index (χ2n) is 5.68. The van der Waals surface area contributed by atoms with Crippen molar-refractivity contribution in [3.63, 3.8) is 0 Å². The molecule has 0 saturated carbocycles. The Hall–Kier alpha value is -2.16. The normalized spacial score (nSPS) is 16.0. The lowest BCUT2D eigenvalue weighted by Gasteiger charge is -2.20. The zero-order valence-electron chi connectivity index (χ0n) is 12.0. The van der Waals surface area contributed by atoms with Gasteiger partial charge in [-0.05, 0) is 54.2 Å². The SMILES string of the molecule is c1cc2c(cc1Cc1ccc3c(c1)OCCO3)CCCN2. The van der Waals surface area contributed by atoms with Crippen LogP contribution in [0.3, 0.4) is 0 Å². The minimum absolute atomic E-state index is 0.640. The first kappa shape index (κ1) is 12.6. The average Bonchev–Trinajstić information content (AvgIpc) is 2.55. The van der Waals surface area contributed by atoms with Gasteiger partial charge in [-0.1, -0.05) is 18.2 Å². The van der Waals surface area contributed by atoms with Crippen molar-refractivity contribution in [1.29, 1.82) is 0 Å². The third-order valence-corrected chi connectivity index (χ3v) is 4.12. The Bertz CT molecular complexity index is 609. The van der Waals surface area contributed by atoms with Crippen LogP contribution in [-0.4, -0.2) is 19.8 Å². The summed E-state index contributed by atoms with van der Waals surface area (Å²) in [5, 5.41) is 3.46. The summed E-state index contributed by atoms with van der Waals surface area (Å²) in [6.45, 7) is 2.37. The van der Waals surface area contributed by atoms with Crippen molar-refractivity contribution in [1.82, 2.24) is 0 Å². The first-order valence-electron chi connectivity index (χ1n) is 7.63. The zero-order valence-corrected chi connectivity index (χ0v) is 12.0. The van der Waals surface area contributed by atoms with Crippen LogP contribution in [0.4, 0.5) is 5.69 Å². The van der Waals surface area contributed by atoms with E-state index in [1.165, 1.54) is 35.2 Å². The fourth-order valence-corrected chi connectivity index (χ4v) is 3.07. The maximum atomic E-state index is 5.66. The molecule has 4 rings (SSSR count). The zero-order chi connectivity index (χ0) is 14.1. The van der Waals surface area contributed by atoms with E-state index in [9.17, 15) is 0 Å². The van der Waals surface area contributed by atoms with Crippen molar-refractivity contribution in [3.8, 4) is 11.5 Å². The maximum Gasteiger partial charge on any atom is 0.161 e. The minimum atomic E-state index is 0.640. The summed E-state index contributed by atoms with van der Waals surface area (Å²) in [5.41, 5.74) is 5.36. The number of fused-ring (bicyclic) bond motifs is 2. The Kier molecular flexibility index (Phi) is 3.18. The highest BCUT2D eigenvalue weighted by Crippen LogP contribution is 2.32. The van der Waals surface area contributed by atoms with Gasteiger partial charge in [-0.2, -0.15) is 0 Å². The molecule has 0 unspecified atom stereocenters. The Morgan fingerprint density at radius 1 is 0.905 bits per heavy atom. The van der Waals surface area contributed by atoms with Gasteiger partial charge in [-0.15, -0.1) is 0 Å². The molecule has 2 aliphatic rings. The summed E-state index contributed by atoms with van der Waals surface area (Å²) in [7, 11) is 0. The molecule has 2 aromatic carbocycles. The molecule has 3 nitrogen and oxygen atoms in total. The lowest BCUT2D eigenvalue weighted by molar-refractivity contribution is 0.171. The topological polar surface area (TPSA) is 30.5 Å². The molecule has 3 heteroatoms. The average molecular weight is 281 g/mol. The molecule has 0 aromatic heterocycles. The second-order valence-corrected chi connectivity index (χ2v) is 5.68. The van der Waals surface area contributed by atoms with Gasteiger partial charge in [0, 0.05) is 12.2 Å². The second kappa shape index (κ2) is 5.32. The number of rotatable bonds is 2. The van der Waals surface area contributed by atoms with Gasteiger partial charge in [0.15, 0.2) is 11.5 Å². The summed E-state index contributed by atoms with van der Waals surface area (Å²) in [4.78, 5) is 0. The Morgan fingerprint density at radius 2 is 1.71 bits per heavy atom. The molecule has 2 aliphatic heterocycles. The standard InChI is InChI=1S/C18H19NO2/c1-2-15-11-13(3-5-16(15)19-7-1)10-14-4-6-17-18(12-14)21-9-8-20-17/h3-6,11-12,19H,1-2,7-10H2. The van der Waals surface area contributed by atoms with Crippen molar-refractivity contribution in [2.45, 2.75) is 19.3 Å². The minimum Gasteiger partial charge on any atom is -0.486 e. The third-order valence-electron chi connectivity index (χ3n) is 4.12. The lowest BCUT2D eigenvalue weighted by atomic mass is 9.97. The number of benzene rings is 2. The first-order chi connectivity index (χ1) is 10.4. The van der Waals surface area contributed by atoms with Crippen LogP contribution in [0, 0.1) is 0 Å². The van der Waals surface area contributed by atoms with E-state index in [4.69, 9.17) is 9.47 Å². The van der Waals surface area contributed by atoms with E-state index < -0.39 is 0 Å². The van der Waals surface area contributed by atoms with Gasteiger partial charge in [0.05, 0.1) is 0 Å². The van der Waals surface area contributed by atoms with Crippen LogP contribution in [0.2, 0.25) is 0 Å². The van der Waals surface area contributed by atoms with Crippen LogP contribution >= 0.6 is 0 Å². The summed E-state index contributed by atoms with van der Waals surface area (Å²) < 4.78 is 11.2. The van der Waals surface area contributed by atoms with Gasteiger partial charge in [0.25, 0.3) is 0 Å². The van der Waals surface area contributed by atoms with E-state index >= 15 is 0 Å². The molecular formula is C18H19NO2. The number of ether oxygens (including phenoxy) is 2. The number of aryl methyl sites for hydroxylation is 1. The van der Waals surface area contributed by atoms with Gasteiger partial charge in [0.1, 0.15) is 13.2 Å². The van der Waals surface area contributed by atoms with Crippen LogP contribution in [0.1, 0.15) is 23.1 Å². The Labute approximate surface area is 124 Å². The molecular weight excluding hydrogens is 262 g/mol. The van der Waals surface area contributed by atoms with E-state index in [0.717, 1.165) is 24.5 Å². The molecule has 2 heterocycles. The molecule has 0 saturated heterocycles. The molecule has 0 atom stereocenters. The van der Waals surface area contributed by atoms with Crippen LogP contribution in [0.25, 0.3) is 0 Å². The van der Waals surface area contributed by atoms with Crippen molar-refractivity contribution in [2.75, 3.05) is 25.1 Å². The monoisotopic (exact) mass is 281 g/mol. The molecule has 0 radical (unpaired) electrons. The van der Waals surface area contributed by atoms with E-state index in [0.29, 0.717) is 13.2 Å². The largest absolute Gasteiger partial charge is 0.486 e. The van der Waals surface area contributed by atoms with Gasteiger partial charge in [-0.3, -0.25) is 0 Å². The van der Waals surface area contributed by atoms with Crippen molar-refractivity contribution < 1.29 is 9.47 Å². The van der Waals surface area contributed by atoms with Gasteiger partial charge in [-0.25, -0.2) is 0 Å². The first-order valence-corrected chi connectivity index (χ1v) is 7.63. The molecule has 0 aliphatic carbocycles. The number of nitrogens with one attached hydrogen (secondary N) is 1. The number of anilines is 1. The van der Waals surface area contributed by atoms with Gasteiger partial charge >= 0.3 is 0 Å².